The summed E-state index contributed by atoms with van der Waals surface area (Å²) in [4.78, 5) is 12.0. The SMILES string of the molecule is COc1ccc(Nc2ccc(C(=O)Nc3cc(C)on3)nn2)cc1. The molecule has 0 aliphatic rings. The molecule has 0 radical (unpaired) electrons. The Labute approximate surface area is 137 Å². The molecule has 1 amide bonds. The molecule has 0 unspecified atom stereocenters. The maximum absolute atomic E-state index is 12.0. The van der Waals surface area contributed by atoms with Gasteiger partial charge in [-0.05, 0) is 43.3 Å². The molecule has 8 heteroatoms. The lowest BCUT2D eigenvalue weighted by molar-refractivity contribution is 0.102. The van der Waals surface area contributed by atoms with Crippen molar-refractivity contribution in [3.63, 3.8) is 0 Å². The van der Waals surface area contributed by atoms with Crippen LogP contribution in [-0.2, 0) is 0 Å². The van der Waals surface area contributed by atoms with Crippen LogP contribution in [0.25, 0.3) is 0 Å². The Morgan fingerprint density at radius 3 is 2.46 bits per heavy atom. The molecule has 2 N–H and O–H groups in total. The number of aromatic nitrogens is 3. The van der Waals surface area contributed by atoms with Crippen LogP contribution in [0.15, 0.2) is 47.0 Å². The van der Waals surface area contributed by atoms with Crippen molar-refractivity contribution >= 4 is 23.2 Å². The molecule has 1 aromatic carbocycles. The van der Waals surface area contributed by atoms with Gasteiger partial charge in [0.25, 0.3) is 5.91 Å². The molecule has 0 fully saturated rings. The molecule has 0 saturated carbocycles. The van der Waals surface area contributed by atoms with E-state index in [4.69, 9.17) is 9.26 Å². The number of carbonyl (C=O) groups excluding carboxylic acids is 1. The minimum atomic E-state index is -0.410. The molecule has 24 heavy (non-hydrogen) atoms. The van der Waals surface area contributed by atoms with E-state index in [0.717, 1.165) is 11.4 Å². The Bertz CT molecular complexity index is 828. The molecule has 8 nitrogen and oxygen atoms in total. The molecule has 0 bridgehead atoms. The van der Waals surface area contributed by atoms with Gasteiger partial charge in [0, 0.05) is 11.8 Å². The minimum Gasteiger partial charge on any atom is -0.497 e. The van der Waals surface area contributed by atoms with Crippen molar-refractivity contribution in [2.45, 2.75) is 6.92 Å². The summed E-state index contributed by atoms with van der Waals surface area (Å²) in [5.41, 5.74) is 1.01. The van der Waals surface area contributed by atoms with Crippen LogP contribution in [0.3, 0.4) is 0 Å². The number of benzene rings is 1. The Morgan fingerprint density at radius 2 is 1.88 bits per heavy atom. The van der Waals surface area contributed by atoms with Crippen molar-refractivity contribution in [2.75, 3.05) is 17.7 Å². The summed E-state index contributed by atoms with van der Waals surface area (Å²) in [5.74, 6) is 1.82. The van der Waals surface area contributed by atoms with Crippen LogP contribution in [0, 0.1) is 6.92 Å². The van der Waals surface area contributed by atoms with Crippen molar-refractivity contribution in [3.05, 3.63) is 53.9 Å². The fourth-order valence-corrected chi connectivity index (χ4v) is 1.95. The van der Waals surface area contributed by atoms with Gasteiger partial charge < -0.3 is 19.9 Å². The first-order valence-corrected chi connectivity index (χ1v) is 7.13. The molecule has 0 aliphatic heterocycles. The molecule has 0 atom stereocenters. The highest BCUT2D eigenvalue weighted by Gasteiger charge is 2.11. The van der Waals surface area contributed by atoms with Gasteiger partial charge in [0.15, 0.2) is 17.3 Å². The van der Waals surface area contributed by atoms with Crippen LogP contribution in [-0.4, -0.2) is 28.4 Å². The fraction of sp³-hybridized carbons (Fsp3) is 0.125. The van der Waals surface area contributed by atoms with E-state index in [0.29, 0.717) is 17.4 Å². The molecule has 0 spiro atoms. The predicted octanol–water partition coefficient (Wildman–Crippen LogP) is 2.78. The Morgan fingerprint density at radius 1 is 1.08 bits per heavy atom. The molecular formula is C16H15N5O3. The predicted molar refractivity (Wildman–Crippen MR) is 87.5 cm³/mol. The maximum atomic E-state index is 12.0. The fourth-order valence-electron chi connectivity index (χ4n) is 1.95. The van der Waals surface area contributed by atoms with E-state index in [1.807, 2.05) is 24.3 Å². The van der Waals surface area contributed by atoms with E-state index in [1.165, 1.54) is 0 Å². The monoisotopic (exact) mass is 325 g/mol. The summed E-state index contributed by atoms with van der Waals surface area (Å²) in [7, 11) is 1.61. The zero-order chi connectivity index (χ0) is 16.9. The number of methoxy groups -OCH3 is 1. The summed E-state index contributed by atoms with van der Waals surface area (Å²) < 4.78 is 9.98. The Balaban J connectivity index is 1.64. The summed E-state index contributed by atoms with van der Waals surface area (Å²) in [6.07, 6.45) is 0. The lowest BCUT2D eigenvalue weighted by Crippen LogP contribution is -2.14. The number of aryl methyl sites for hydroxylation is 1. The topological polar surface area (TPSA) is 102 Å². The van der Waals surface area contributed by atoms with Crippen molar-refractivity contribution < 1.29 is 14.1 Å². The molecular weight excluding hydrogens is 310 g/mol. The van der Waals surface area contributed by atoms with Crippen molar-refractivity contribution in [1.82, 2.24) is 15.4 Å². The van der Waals surface area contributed by atoms with Crippen LogP contribution in [0.5, 0.6) is 5.75 Å². The lowest BCUT2D eigenvalue weighted by Gasteiger charge is -2.06. The van der Waals surface area contributed by atoms with Crippen LogP contribution in [0.4, 0.5) is 17.3 Å². The molecule has 2 heterocycles. The lowest BCUT2D eigenvalue weighted by atomic mass is 10.3. The second kappa shape index (κ2) is 6.78. The molecule has 0 aliphatic carbocycles. The van der Waals surface area contributed by atoms with Gasteiger partial charge in [-0.15, -0.1) is 10.2 Å². The molecule has 0 saturated heterocycles. The molecule has 2 aromatic heterocycles. The normalized spacial score (nSPS) is 10.2. The number of nitrogens with one attached hydrogen (secondary N) is 2. The Kier molecular flexibility index (Phi) is 4.37. The second-order valence-corrected chi connectivity index (χ2v) is 4.93. The van der Waals surface area contributed by atoms with Gasteiger partial charge in [0.05, 0.1) is 7.11 Å². The van der Waals surface area contributed by atoms with Crippen molar-refractivity contribution in [3.8, 4) is 5.75 Å². The second-order valence-electron chi connectivity index (χ2n) is 4.93. The number of rotatable bonds is 5. The van der Waals surface area contributed by atoms with Crippen LogP contribution in [0.2, 0.25) is 0 Å². The van der Waals surface area contributed by atoms with Crippen molar-refractivity contribution in [1.29, 1.82) is 0 Å². The number of anilines is 3. The highest BCUT2D eigenvalue weighted by Crippen LogP contribution is 2.18. The van der Waals surface area contributed by atoms with E-state index in [9.17, 15) is 4.79 Å². The highest BCUT2D eigenvalue weighted by molar-refractivity contribution is 6.02. The van der Waals surface area contributed by atoms with Gasteiger partial charge in [-0.3, -0.25) is 4.79 Å². The van der Waals surface area contributed by atoms with Gasteiger partial charge in [0.1, 0.15) is 11.5 Å². The third-order valence-corrected chi connectivity index (χ3v) is 3.13. The largest absolute Gasteiger partial charge is 0.497 e. The van der Waals surface area contributed by atoms with E-state index in [1.54, 1.807) is 32.2 Å². The average molecular weight is 325 g/mol. The van der Waals surface area contributed by atoms with Crippen LogP contribution in [0.1, 0.15) is 16.2 Å². The number of ether oxygens (including phenoxy) is 1. The zero-order valence-electron chi connectivity index (χ0n) is 13.1. The third kappa shape index (κ3) is 3.67. The van der Waals surface area contributed by atoms with E-state index >= 15 is 0 Å². The summed E-state index contributed by atoms with van der Waals surface area (Å²) in [5, 5.41) is 17.2. The first-order valence-electron chi connectivity index (χ1n) is 7.13. The summed E-state index contributed by atoms with van der Waals surface area (Å²) in [6, 6.07) is 12.2. The summed E-state index contributed by atoms with van der Waals surface area (Å²) in [6.45, 7) is 1.74. The third-order valence-electron chi connectivity index (χ3n) is 3.13. The first-order chi connectivity index (χ1) is 11.6. The number of nitrogens with zero attached hydrogens (tertiary/aromatic N) is 3. The molecule has 122 valence electrons. The number of hydrogen-bond acceptors (Lipinski definition) is 7. The highest BCUT2D eigenvalue weighted by atomic mass is 16.5. The maximum Gasteiger partial charge on any atom is 0.277 e. The van der Waals surface area contributed by atoms with E-state index < -0.39 is 5.91 Å². The smallest absolute Gasteiger partial charge is 0.277 e. The average Bonchev–Trinajstić information content (AvgIpc) is 3.01. The van der Waals surface area contributed by atoms with E-state index in [-0.39, 0.29) is 5.69 Å². The molecule has 3 rings (SSSR count). The van der Waals surface area contributed by atoms with Crippen molar-refractivity contribution in [2.24, 2.45) is 0 Å². The van der Waals surface area contributed by atoms with Gasteiger partial charge >= 0.3 is 0 Å². The van der Waals surface area contributed by atoms with Gasteiger partial charge in [0.2, 0.25) is 0 Å². The van der Waals surface area contributed by atoms with Gasteiger partial charge in [-0.25, -0.2) is 0 Å². The van der Waals surface area contributed by atoms with Crippen LogP contribution < -0.4 is 15.4 Å². The number of hydrogen-bond donors (Lipinski definition) is 2. The van der Waals surface area contributed by atoms with Gasteiger partial charge in [-0.1, -0.05) is 5.16 Å². The quantitative estimate of drug-likeness (QED) is 0.743. The zero-order valence-corrected chi connectivity index (χ0v) is 13.1. The Hall–Kier alpha value is -3.42. The summed E-state index contributed by atoms with van der Waals surface area (Å²) >= 11 is 0. The number of carbonyl (C=O) groups is 1. The minimum absolute atomic E-state index is 0.177. The van der Waals surface area contributed by atoms with Crippen LogP contribution >= 0.6 is 0 Å². The molecule has 3 aromatic rings. The van der Waals surface area contributed by atoms with Gasteiger partial charge in [-0.2, -0.15) is 0 Å². The standard InChI is InChI=1S/C16H15N5O3/c1-10-9-15(21-24-10)18-16(22)13-7-8-14(20-19-13)17-11-3-5-12(23-2)6-4-11/h3-9H,1-2H3,(H,17,20)(H,18,21,22). The first kappa shape index (κ1) is 15.5. The number of amides is 1. The van der Waals surface area contributed by atoms with E-state index in [2.05, 4.69) is 26.0 Å².